The van der Waals surface area contributed by atoms with E-state index in [9.17, 15) is 5.11 Å². The van der Waals surface area contributed by atoms with Crippen LogP contribution in [0.5, 0.6) is 0 Å². The van der Waals surface area contributed by atoms with Crippen LogP contribution in [0.2, 0.25) is 0 Å². The summed E-state index contributed by atoms with van der Waals surface area (Å²) in [6.45, 7) is 3.05. The Hall–Kier alpha value is -1.63. The molecule has 19 heavy (non-hydrogen) atoms. The molecular weight excluding hydrogens is 246 g/mol. The molecule has 0 unspecified atom stereocenters. The topological polar surface area (TPSA) is 74.7 Å². The molecule has 0 aromatic carbocycles. The van der Waals surface area contributed by atoms with Gasteiger partial charge in [0.15, 0.2) is 0 Å². The van der Waals surface area contributed by atoms with Gasteiger partial charge in [-0.05, 0) is 12.1 Å². The molecule has 2 N–H and O–H groups in total. The van der Waals surface area contributed by atoms with Gasteiger partial charge in [0.1, 0.15) is 6.10 Å². The fraction of sp³-hybridized carbons (Fsp3) is 0.462. The number of hydrogen-bond acceptors (Lipinski definition) is 5. The SMILES string of the molecule is OC[C@@H](O)c1cc2n(n1)CCN(Cc1ccoc1)C2. The highest BCUT2D eigenvalue weighted by molar-refractivity contribution is 5.15. The lowest BCUT2D eigenvalue weighted by molar-refractivity contribution is 0.0915. The van der Waals surface area contributed by atoms with Crippen LogP contribution in [0.3, 0.4) is 0 Å². The number of nitrogens with zero attached hydrogens (tertiary/aromatic N) is 3. The van der Waals surface area contributed by atoms with Crippen molar-refractivity contribution in [2.45, 2.75) is 25.7 Å². The molecular formula is C13H17N3O3. The Labute approximate surface area is 110 Å². The maximum Gasteiger partial charge on any atom is 0.121 e. The van der Waals surface area contributed by atoms with Crippen molar-refractivity contribution in [3.05, 3.63) is 41.6 Å². The second kappa shape index (κ2) is 5.16. The summed E-state index contributed by atoms with van der Waals surface area (Å²) < 4.78 is 6.97. The number of aromatic nitrogens is 2. The van der Waals surface area contributed by atoms with E-state index < -0.39 is 6.10 Å². The van der Waals surface area contributed by atoms with Crippen LogP contribution in [-0.4, -0.2) is 38.0 Å². The molecule has 6 nitrogen and oxygen atoms in total. The molecule has 0 saturated heterocycles. The molecule has 6 heteroatoms. The van der Waals surface area contributed by atoms with E-state index in [1.807, 2.05) is 16.8 Å². The largest absolute Gasteiger partial charge is 0.472 e. The summed E-state index contributed by atoms with van der Waals surface area (Å²) in [6.07, 6.45) is 2.55. The van der Waals surface area contributed by atoms with Crippen molar-refractivity contribution in [1.82, 2.24) is 14.7 Å². The third-order valence-electron chi connectivity index (χ3n) is 3.40. The minimum absolute atomic E-state index is 0.296. The van der Waals surface area contributed by atoms with Gasteiger partial charge in [0.25, 0.3) is 0 Å². The summed E-state index contributed by atoms with van der Waals surface area (Å²) in [5.74, 6) is 0. The van der Waals surface area contributed by atoms with E-state index >= 15 is 0 Å². The molecule has 0 saturated carbocycles. The minimum atomic E-state index is -0.888. The zero-order valence-electron chi connectivity index (χ0n) is 10.6. The van der Waals surface area contributed by atoms with Crippen LogP contribution in [0.15, 0.2) is 29.1 Å². The van der Waals surface area contributed by atoms with Gasteiger partial charge >= 0.3 is 0 Å². The fourth-order valence-corrected chi connectivity index (χ4v) is 2.38. The second-order valence-corrected chi connectivity index (χ2v) is 4.82. The molecule has 1 aliphatic heterocycles. The van der Waals surface area contributed by atoms with Gasteiger partial charge in [-0.2, -0.15) is 5.10 Å². The summed E-state index contributed by atoms with van der Waals surface area (Å²) in [5, 5.41) is 22.9. The van der Waals surface area contributed by atoms with Crippen LogP contribution < -0.4 is 0 Å². The molecule has 0 bridgehead atoms. The molecule has 102 valence electrons. The van der Waals surface area contributed by atoms with Crippen molar-refractivity contribution in [2.24, 2.45) is 0 Å². The number of aliphatic hydroxyl groups excluding tert-OH is 2. The van der Waals surface area contributed by atoms with Gasteiger partial charge in [0, 0.05) is 25.2 Å². The van der Waals surface area contributed by atoms with E-state index in [1.165, 1.54) is 0 Å². The van der Waals surface area contributed by atoms with Gasteiger partial charge in [-0.15, -0.1) is 0 Å². The highest BCUT2D eigenvalue weighted by Gasteiger charge is 2.20. The van der Waals surface area contributed by atoms with E-state index in [0.717, 1.165) is 37.4 Å². The Bertz CT molecular complexity index is 535. The molecule has 0 amide bonds. The van der Waals surface area contributed by atoms with Gasteiger partial charge in [0.2, 0.25) is 0 Å². The monoisotopic (exact) mass is 263 g/mol. The molecule has 3 rings (SSSR count). The average molecular weight is 263 g/mol. The standard InChI is InChI=1S/C13H17N3O3/c17-8-13(18)12-5-11-7-15(2-3-16(11)14-12)6-10-1-4-19-9-10/h1,4-5,9,13,17-18H,2-3,6-8H2/t13-/m1/s1. The van der Waals surface area contributed by atoms with Crippen molar-refractivity contribution in [1.29, 1.82) is 0 Å². The molecule has 3 heterocycles. The fourth-order valence-electron chi connectivity index (χ4n) is 2.38. The first kappa shape index (κ1) is 12.4. The predicted molar refractivity (Wildman–Crippen MR) is 67.1 cm³/mol. The minimum Gasteiger partial charge on any atom is -0.472 e. The van der Waals surface area contributed by atoms with E-state index in [1.54, 1.807) is 12.5 Å². The molecule has 0 radical (unpaired) electrons. The molecule has 0 aliphatic carbocycles. The normalized spacial score (nSPS) is 17.4. The van der Waals surface area contributed by atoms with Gasteiger partial charge in [-0.1, -0.05) is 0 Å². The van der Waals surface area contributed by atoms with E-state index in [4.69, 9.17) is 9.52 Å². The predicted octanol–water partition coefficient (Wildman–Crippen LogP) is 0.518. The molecule has 0 fully saturated rings. The summed E-state index contributed by atoms with van der Waals surface area (Å²) >= 11 is 0. The number of fused-ring (bicyclic) bond motifs is 1. The quantitative estimate of drug-likeness (QED) is 0.841. The third-order valence-corrected chi connectivity index (χ3v) is 3.40. The first-order valence-electron chi connectivity index (χ1n) is 6.35. The molecule has 0 spiro atoms. The molecule has 1 atom stereocenters. The number of hydrogen-bond donors (Lipinski definition) is 2. The van der Waals surface area contributed by atoms with Gasteiger partial charge in [0.05, 0.1) is 37.1 Å². The Morgan fingerprint density at radius 1 is 1.42 bits per heavy atom. The summed E-state index contributed by atoms with van der Waals surface area (Å²) in [6, 6.07) is 3.83. The van der Waals surface area contributed by atoms with Crippen molar-refractivity contribution in [3.63, 3.8) is 0 Å². The highest BCUT2D eigenvalue weighted by Crippen LogP contribution is 2.19. The number of rotatable bonds is 4. The lowest BCUT2D eigenvalue weighted by atomic mass is 10.2. The number of furan rings is 1. The van der Waals surface area contributed by atoms with Crippen molar-refractivity contribution in [3.8, 4) is 0 Å². The summed E-state index contributed by atoms with van der Waals surface area (Å²) in [7, 11) is 0. The van der Waals surface area contributed by atoms with Gasteiger partial charge < -0.3 is 14.6 Å². The van der Waals surface area contributed by atoms with Crippen LogP contribution in [0.4, 0.5) is 0 Å². The van der Waals surface area contributed by atoms with Crippen LogP contribution in [0, 0.1) is 0 Å². The maximum absolute atomic E-state index is 9.60. The lowest BCUT2D eigenvalue weighted by Crippen LogP contribution is -2.33. The lowest BCUT2D eigenvalue weighted by Gasteiger charge is -2.26. The van der Waals surface area contributed by atoms with E-state index in [0.29, 0.717) is 5.69 Å². The van der Waals surface area contributed by atoms with Crippen molar-refractivity contribution < 1.29 is 14.6 Å². The Kier molecular flexibility index (Phi) is 3.37. The van der Waals surface area contributed by atoms with Crippen LogP contribution in [0.1, 0.15) is 23.1 Å². The smallest absolute Gasteiger partial charge is 0.121 e. The Morgan fingerprint density at radius 2 is 2.32 bits per heavy atom. The summed E-state index contributed by atoms with van der Waals surface area (Å²) in [4.78, 5) is 2.30. The van der Waals surface area contributed by atoms with Crippen molar-refractivity contribution >= 4 is 0 Å². The van der Waals surface area contributed by atoms with E-state index in [2.05, 4.69) is 10.00 Å². The van der Waals surface area contributed by atoms with Crippen molar-refractivity contribution in [2.75, 3.05) is 13.2 Å². The first-order chi connectivity index (χ1) is 9.26. The Morgan fingerprint density at radius 3 is 3.05 bits per heavy atom. The highest BCUT2D eigenvalue weighted by atomic mass is 16.3. The Balaban J connectivity index is 1.71. The number of aliphatic hydroxyl groups is 2. The maximum atomic E-state index is 9.60. The van der Waals surface area contributed by atoms with Crippen LogP contribution >= 0.6 is 0 Å². The molecule has 2 aromatic rings. The van der Waals surface area contributed by atoms with E-state index in [-0.39, 0.29) is 6.61 Å². The van der Waals surface area contributed by atoms with Crippen LogP contribution in [0.25, 0.3) is 0 Å². The van der Waals surface area contributed by atoms with Gasteiger partial charge in [-0.3, -0.25) is 9.58 Å². The second-order valence-electron chi connectivity index (χ2n) is 4.82. The summed E-state index contributed by atoms with van der Waals surface area (Å²) in [5.41, 5.74) is 2.77. The van der Waals surface area contributed by atoms with Gasteiger partial charge in [-0.25, -0.2) is 0 Å². The third kappa shape index (κ3) is 2.56. The average Bonchev–Trinajstić information content (AvgIpc) is 3.06. The molecule has 2 aromatic heterocycles. The zero-order valence-corrected chi connectivity index (χ0v) is 10.6. The first-order valence-corrected chi connectivity index (χ1v) is 6.35. The zero-order chi connectivity index (χ0) is 13.2. The van der Waals surface area contributed by atoms with Crippen LogP contribution in [-0.2, 0) is 19.6 Å². The molecule has 1 aliphatic rings.